The minimum atomic E-state index is -0.376. The lowest BCUT2D eigenvalue weighted by Crippen LogP contribution is -2.35. The van der Waals surface area contributed by atoms with E-state index in [1.54, 1.807) is 0 Å². The van der Waals surface area contributed by atoms with Gasteiger partial charge in [-0.3, -0.25) is 4.79 Å². The Balaban J connectivity index is 2.64. The number of amides is 1. The molecule has 1 heterocycles. The maximum atomic E-state index is 11.4. The number of rotatable bonds is 4. The lowest BCUT2D eigenvalue weighted by Gasteiger charge is -2.20. The fraction of sp³-hybridized carbons (Fsp3) is 0.667. The summed E-state index contributed by atoms with van der Waals surface area (Å²) in [5.41, 5.74) is 0. The lowest BCUT2D eigenvalue weighted by molar-refractivity contribution is -0.121. The highest BCUT2D eigenvalue weighted by molar-refractivity contribution is 7.80. The first-order valence-electron chi connectivity index (χ1n) is 4.69. The van der Waals surface area contributed by atoms with Crippen molar-refractivity contribution in [3.05, 3.63) is 0 Å². The number of thiocarbonyl (C=S) groups is 1. The minimum Gasteiger partial charge on any atom is -0.336 e. The van der Waals surface area contributed by atoms with Crippen LogP contribution in [0.1, 0.15) is 26.2 Å². The molecule has 1 saturated heterocycles. The fourth-order valence-corrected chi connectivity index (χ4v) is 1.74. The highest BCUT2D eigenvalue weighted by Gasteiger charge is 2.34. The fourth-order valence-electron chi connectivity index (χ4n) is 1.42. The number of carbonyl (C=O) groups excluding carboxylic acids is 1. The van der Waals surface area contributed by atoms with Gasteiger partial charge in [-0.15, -0.1) is 0 Å². The van der Waals surface area contributed by atoms with E-state index in [9.17, 15) is 4.79 Å². The van der Waals surface area contributed by atoms with Crippen molar-refractivity contribution in [3.8, 4) is 6.07 Å². The van der Waals surface area contributed by atoms with Gasteiger partial charge < -0.3 is 10.2 Å². The molecule has 0 aromatic rings. The van der Waals surface area contributed by atoms with Gasteiger partial charge in [-0.25, -0.2) is 0 Å². The maximum Gasteiger partial charge on any atom is 0.249 e. The number of nitrogens with one attached hydrogen (secondary N) is 1. The molecule has 0 bridgehead atoms. The van der Waals surface area contributed by atoms with Crippen LogP contribution in [-0.4, -0.2) is 28.5 Å². The molecule has 0 aromatic heterocycles. The van der Waals surface area contributed by atoms with E-state index in [0.717, 1.165) is 19.4 Å². The van der Waals surface area contributed by atoms with Gasteiger partial charge in [0.25, 0.3) is 0 Å². The van der Waals surface area contributed by atoms with Crippen LogP contribution >= 0.6 is 12.2 Å². The molecule has 0 aliphatic carbocycles. The Morgan fingerprint density at radius 1 is 1.71 bits per heavy atom. The Morgan fingerprint density at radius 3 is 3.00 bits per heavy atom. The zero-order valence-electron chi connectivity index (χ0n) is 8.12. The van der Waals surface area contributed by atoms with Gasteiger partial charge in [0.05, 0.1) is 12.5 Å². The van der Waals surface area contributed by atoms with Crippen LogP contribution in [0.5, 0.6) is 0 Å². The van der Waals surface area contributed by atoms with Crippen LogP contribution in [0.25, 0.3) is 0 Å². The van der Waals surface area contributed by atoms with Gasteiger partial charge in [-0.2, -0.15) is 5.26 Å². The number of nitrogens with zero attached hydrogens (tertiary/aromatic N) is 2. The molecule has 0 spiro atoms. The predicted molar refractivity (Wildman–Crippen MR) is 56.4 cm³/mol. The van der Waals surface area contributed by atoms with E-state index >= 15 is 0 Å². The molecule has 0 saturated carbocycles. The smallest absolute Gasteiger partial charge is 0.249 e. The van der Waals surface area contributed by atoms with Crippen molar-refractivity contribution in [1.29, 1.82) is 5.26 Å². The van der Waals surface area contributed by atoms with Crippen molar-refractivity contribution in [2.45, 2.75) is 32.2 Å². The summed E-state index contributed by atoms with van der Waals surface area (Å²) in [4.78, 5) is 13.2. The SMILES string of the molecule is CCCCN1C(=S)NC(=O)C1CC#N. The third-order valence-electron chi connectivity index (χ3n) is 2.21. The molecule has 0 aromatic carbocycles. The molecule has 76 valence electrons. The maximum absolute atomic E-state index is 11.4. The van der Waals surface area contributed by atoms with E-state index in [2.05, 4.69) is 12.2 Å². The van der Waals surface area contributed by atoms with Gasteiger partial charge in [0, 0.05) is 6.54 Å². The molecule has 1 rings (SSSR count). The Bertz CT molecular complexity index is 284. The van der Waals surface area contributed by atoms with Crippen LogP contribution in [0.2, 0.25) is 0 Å². The first-order chi connectivity index (χ1) is 6.70. The first kappa shape index (κ1) is 10.9. The quantitative estimate of drug-likeness (QED) is 0.698. The summed E-state index contributed by atoms with van der Waals surface area (Å²) in [5.74, 6) is -0.146. The van der Waals surface area contributed by atoms with Crippen molar-refractivity contribution >= 4 is 23.2 Å². The van der Waals surface area contributed by atoms with Gasteiger partial charge in [-0.05, 0) is 18.6 Å². The number of unbranched alkanes of at least 4 members (excludes halogenated alkanes) is 1. The summed E-state index contributed by atoms with van der Waals surface area (Å²) >= 11 is 5.01. The van der Waals surface area contributed by atoms with Crippen LogP contribution in [0.15, 0.2) is 0 Å². The molecular weight excluding hydrogens is 198 g/mol. The third-order valence-corrected chi connectivity index (χ3v) is 2.54. The largest absolute Gasteiger partial charge is 0.336 e. The molecule has 1 N–H and O–H groups in total. The molecule has 0 radical (unpaired) electrons. The number of hydrogen-bond donors (Lipinski definition) is 1. The average Bonchev–Trinajstić information content (AvgIpc) is 2.40. The van der Waals surface area contributed by atoms with Crippen molar-refractivity contribution in [2.75, 3.05) is 6.54 Å². The second-order valence-corrected chi connectivity index (χ2v) is 3.61. The molecule has 1 aliphatic rings. The molecule has 1 aliphatic heterocycles. The molecule has 1 unspecified atom stereocenters. The van der Waals surface area contributed by atoms with Crippen LogP contribution in [0, 0.1) is 11.3 Å². The summed E-state index contributed by atoms with van der Waals surface area (Å²) in [6.07, 6.45) is 2.24. The number of hydrogen-bond acceptors (Lipinski definition) is 3. The summed E-state index contributed by atoms with van der Waals surface area (Å²) < 4.78 is 0. The van der Waals surface area contributed by atoms with Crippen LogP contribution in [0.3, 0.4) is 0 Å². The number of carbonyl (C=O) groups is 1. The van der Waals surface area contributed by atoms with Gasteiger partial charge >= 0.3 is 0 Å². The molecule has 4 nitrogen and oxygen atoms in total. The highest BCUT2D eigenvalue weighted by atomic mass is 32.1. The van der Waals surface area contributed by atoms with Crippen LogP contribution < -0.4 is 5.32 Å². The Morgan fingerprint density at radius 2 is 2.43 bits per heavy atom. The summed E-state index contributed by atoms with van der Waals surface area (Å²) in [7, 11) is 0. The van der Waals surface area contributed by atoms with E-state index in [-0.39, 0.29) is 18.4 Å². The number of nitriles is 1. The van der Waals surface area contributed by atoms with E-state index in [1.165, 1.54) is 0 Å². The topological polar surface area (TPSA) is 56.1 Å². The van der Waals surface area contributed by atoms with E-state index in [1.807, 2.05) is 11.0 Å². The van der Waals surface area contributed by atoms with Crippen molar-refractivity contribution in [2.24, 2.45) is 0 Å². The minimum absolute atomic E-state index is 0.146. The van der Waals surface area contributed by atoms with Gasteiger partial charge in [0.2, 0.25) is 5.91 Å². The molecule has 1 atom stereocenters. The van der Waals surface area contributed by atoms with Crippen LogP contribution in [-0.2, 0) is 4.79 Å². The van der Waals surface area contributed by atoms with Crippen molar-refractivity contribution < 1.29 is 4.79 Å². The molecule has 14 heavy (non-hydrogen) atoms. The second kappa shape index (κ2) is 4.91. The molecule has 1 fully saturated rings. The monoisotopic (exact) mass is 211 g/mol. The first-order valence-corrected chi connectivity index (χ1v) is 5.10. The highest BCUT2D eigenvalue weighted by Crippen LogP contribution is 2.12. The van der Waals surface area contributed by atoms with E-state index in [4.69, 9.17) is 17.5 Å². The Kier molecular flexibility index (Phi) is 3.84. The van der Waals surface area contributed by atoms with E-state index < -0.39 is 0 Å². The summed E-state index contributed by atoms with van der Waals surface area (Å²) in [6, 6.07) is 1.63. The Hall–Kier alpha value is -1.15. The normalized spacial score (nSPS) is 20.9. The molecular formula is C9H13N3OS. The van der Waals surface area contributed by atoms with Crippen molar-refractivity contribution in [1.82, 2.24) is 10.2 Å². The summed E-state index contributed by atoms with van der Waals surface area (Å²) in [6.45, 7) is 2.83. The summed E-state index contributed by atoms with van der Waals surface area (Å²) in [5, 5.41) is 11.6. The second-order valence-electron chi connectivity index (χ2n) is 3.22. The van der Waals surface area contributed by atoms with Gasteiger partial charge in [-0.1, -0.05) is 13.3 Å². The molecule has 5 heteroatoms. The lowest BCUT2D eigenvalue weighted by atomic mass is 10.2. The Labute approximate surface area is 88.9 Å². The zero-order chi connectivity index (χ0) is 10.6. The van der Waals surface area contributed by atoms with Gasteiger partial charge in [0.15, 0.2) is 5.11 Å². The van der Waals surface area contributed by atoms with Crippen molar-refractivity contribution in [3.63, 3.8) is 0 Å². The van der Waals surface area contributed by atoms with Gasteiger partial charge in [0.1, 0.15) is 6.04 Å². The average molecular weight is 211 g/mol. The zero-order valence-corrected chi connectivity index (χ0v) is 8.93. The predicted octanol–water partition coefficient (Wildman–Crippen LogP) is 0.785. The van der Waals surface area contributed by atoms with Crippen LogP contribution in [0.4, 0.5) is 0 Å². The molecule has 1 amide bonds. The van der Waals surface area contributed by atoms with E-state index in [0.29, 0.717) is 5.11 Å². The standard InChI is InChI=1S/C9H13N3OS/c1-2-3-6-12-7(4-5-10)8(13)11-9(12)14/h7H,2-4,6H2,1H3,(H,11,13,14). The third kappa shape index (κ3) is 2.20.